The Labute approximate surface area is 111 Å². The number of hydrogen-bond donors (Lipinski definition) is 1. The maximum absolute atomic E-state index is 4.44. The number of rotatable bonds is 3. The number of fused-ring (bicyclic) bond motifs is 1. The molecule has 5 heteroatoms. The van der Waals surface area contributed by atoms with Crippen molar-refractivity contribution in [1.82, 2.24) is 20.1 Å². The zero-order valence-corrected chi connectivity index (χ0v) is 11.6. The van der Waals surface area contributed by atoms with Crippen molar-refractivity contribution >= 4 is 11.3 Å². The van der Waals surface area contributed by atoms with Gasteiger partial charge in [-0.3, -0.25) is 0 Å². The molecule has 0 aliphatic carbocycles. The maximum atomic E-state index is 4.44. The first-order valence-electron chi connectivity index (χ1n) is 6.39. The smallest absolute Gasteiger partial charge is 0.147 e. The summed E-state index contributed by atoms with van der Waals surface area (Å²) in [4.78, 5) is 5.88. The third-order valence-corrected chi connectivity index (χ3v) is 4.51. The van der Waals surface area contributed by atoms with Gasteiger partial charge in [0.2, 0.25) is 0 Å². The lowest BCUT2D eigenvalue weighted by Gasteiger charge is -2.23. The lowest BCUT2D eigenvalue weighted by molar-refractivity contribution is 0.358. The molecule has 0 spiro atoms. The van der Waals surface area contributed by atoms with E-state index in [0.29, 0.717) is 6.04 Å². The van der Waals surface area contributed by atoms with Gasteiger partial charge in [0.05, 0.1) is 6.54 Å². The van der Waals surface area contributed by atoms with Crippen LogP contribution in [0.25, 0.3) is 0 Å². The first-order valence-corrected chi connectivity index (χ1v) is 7.27. The highest BCUT2D eigenvalue weighted by molar-refractivity contribution is 7.10. The van der Waals surface area contributed by atoms with E-state index in [1.54, 1.807) is 0 Å². The van der Waals surface area contributed by atoms with E-state index in [1.165, 1.54) is 10.4 Å². The quantitative estimate of drug-likeness (QED) is 0.920. The van der Waals surface area contributed by atoms with Crippen LogP contribution in [0.15, 0.2) is 11.4 Å². The highest BCUT2D eigenvalue weighted by atomic mass is 32.1. The number of nitrogens with one attached hydrogen (secondary N) is 1. The number of hydrogen-bond acceptors (Lipinski definition) is 4. The monoisotopic (exact) mass is 262 g/mol. The Morgan fingerprint density at radius 2 is 2.39 bits per heavy atom. The molecule has 1 unspecified atom stereocenters. The van der Waals surface area contributed by atoms with Crippen molar-refractivity contribution < 1.29 is 0 Å². The Morgan fingerprint density at radius 3 is 3.17 bits per heavy atom. The number of aromatic nitrogens is 3. The minimum atomic E-state index is 0.514. The van der Waals surface area contributed by atoms with Gasteiger partial charge in [-0.15, -0.1) is 11.3 Å². The summed E-state index contributed by atoms with van der Waals surface area (Å²) in [6, 6.07) is 2.70. The zero-order valence-electron chi connectivity index (χ0n) is 10.8. The van der Waals surface area contributed by atoms with E-state index in [0.717, 1.165) is 37.6 Å². The minimum Gasteiger partial charge on any atom is -0.307 e. The second-order valence-electron chi connectivity index (χ2n) is 4.90. The van der Waals surface area contributed by atoms with Crippen molar-refractivity contribution in [2.24, 2.45) is 0 Å². The topological polar surface area (TPSA) is 42.7 Å². The summed E-state index contributed by atoms with van der Waals surface area (Å²) in [6.45, 7) is 6.05. The molecule has 1 aliphatic rings. The fourth-order valence-electron chi connectivity index (χ4n) is 2.42. The van der Waals surface area contributed by atoms with Crippen LogP contribution < -0.4 is 5.32 Å². The van der Waals surface area contributed by atoms with Crippen molar-refractivity contribution in [3.63, 3.8) is 0 Å². The second-order valence-corrected chi connectivity index (χ2v) is 5.90. The van der Waals surface area contributed by atoms with E-state index in [-0.39, 0.29) is 0 Å². The van der Waals surface area contributed by atoms with Gasteiger partial charge in [0.15, 0.2) is 0 Å². The van der Waals surface area contributed by atoms with Gasteiger partial charge in [0.1, 0.15) is 11.6 Å². The fourth-order valence-corrected chi connectivity index (χ4v) is 3.28. The van der Waals surface area contributed by atoms with Crippen LogP contribution in [0.5, 0.6) is 0 Å². The van der Waals surface area contributed by atoms with Gasteiger partial charge < -0.3 is 5.32 Å². The first kappa shape index (κ1) is 11.9. The predicted octanol–water partition coefficient (Wildman–Crippen LogP) is 2.06. The largest absolute Gasteiger partial charge is 0.307 e. The van der Waals surface area contributed by atoms with E-state index >= 15 is 0 Å². The average molecular weight is 262 g/mol. The van der Waals surface area contributed by atoms with Gasteiger partial charge in [0, 0.05) is 23.9 Å². The SMILES string of the molecule is Cc1nc2n(n1)CC(NCc1sccc1C)CC2. The van der Waals surface area contributed by atoms with Crippen LogP contribution in [0.2, 0.25) is 0 Å². The molecule has 0 fully saturated rings. The molecule has 2 aromatic heterocycles. The second kappa shape index (κ2) is 4.82. The van der Waals surface area contributed by atoms with E-state index < -0.39 is 0 Å². The lowest BCUT2D eigenvalue weighted by Crippen LogP contribution is -2.37. The Hall–Kier alpha value is -1.20. The van der Waals surface area contributed by atoms with E-state index in [9.17, 15) is 0 Å². The van der Waals surface area contributed by atoms with E-state index in [4.69, 9.17) is 0 Å². The summed E-state index contributed by atoms with van der Waals surface area (Å²) < 4.78 is 2.05. The average Bonchev–Trinajstić information content (AvgIpc) is 2.90. The fraction of sp³-hybridized carbons (Fsp3) is 0.538. The third-order valence-electron chi connectivity index (χ3n) is 3.48. The molecule has 0 bridgehead atoms. The van der Waals surface area contributed by atoms with Crippen LogP contribution in [0.1, 0.15) is 28.5 Å². The Bertz CT molecular complexity index is 543. The maximum Gasteiger partial charge on any atom is 0.147 e. The van der Waals surface area contributed by atoms with Crippen LogP contribution in [0, 0.1) is 13.8 Å². The van der Waals surface area contributed by atoms with Gasteiger partial charge in [-0.2, -0.15) is 5.10 Å². The Kier molecular flexibility index (Phi) is 3.18. The van der Waals surface area contributed by atoms with Crippen molar-refractivity contribution in [3.8, 4) is 0 Å². The van der Waals surface area contributed by atoms with Gasteiger partial charge in [0.25, 0.3) is 0 Å². The number of nitrogens with zero attached hydrogens (tertiary/aromatic N) is 3. The van der Waals surface area contributed by atoms with Crippen LogP contribution >= 0.6 is 11.3 Å². The molecule has 18 heavy (non-hydrogen) atoms. The van der Waals surface area contributed by atoms with Crippen LogP contribution in [0.4, 0.5) is 0 Å². The molecule has 0 saturated carbocycles. The van der Waals surface area contributed by atoms with Gasteiger partial charge in [-0.05, 0) is 37.3 Å². The molecule has 3 rings (SSSR count). The summed E-state index contributed by atoms with van der Waals surface area (Å²) >= 11 is 1.83. The lowest BCUT2D eigenvalue weighted by atomic mass is 10.1. The van der Waals surface area contributed by atoms with Gasteiger partial charge in [-0.25, -0.2) is 9.67 Å². The highest BCUT2D eigenvalue weighted by Gasteiger charge is 2.20. The first-order chi connectivity index (χ1) is 8.72. The zero-order chi connectivity index (χ0) is 12.5. The van der Waals surface area contributed by atoms with Crippen molar-refractivity contribution in [2.45, 2.75) is 45.8 Å². The molecule has 1 aliphatic heterocycles. The van der Waals surface area contributed by atoms with Crippen molar-refractivity contribution in [1.29, 1.82) is 0 Å². The minimum absolute atomic E-state index is 0.514. The van der Waals surface area contributed by atoms with Crippen molar-refractivity contribution in [3.05, 3.63) is 33.5 Å². The molecule has 0 aromatic carbocycles. The summed E-state index contributed by atoms with van der Waals surface area (Å²) in [5.41, 5.74) is 1.39. The molecule has 2 aromatic rings. The molecule has 1 atom stereocenters. The molecule has 96 valence electrons. The van der Waals surface area contributed by atoms with E-state index in [2.05, 4.69) is 38.5 Å². The van der Waals surface area contributed by atoms with E-state index in [1.807, 2.05) is 18.3 Å². The third kappa shape index (κ3) is 2.33. The summed E-state index contributed by atoms with van der Waals surface area (Å²) in [5.74, 6) is 2.03. The van der Waals surface area contributed by atoms with Crippen LogP contribution in [-0.4, -0.2) is 20.8 Å². The number of aryl methyl sites for hydroxylation is 3. The van der Waals surface area contributed by atoms with Crippen LogP contribution in [-0.2, 0) is 19.5 Å². The molecular weight excluding hydrogens is 244 g/mol. The normalized spacial score (nSPS) is 18.9. The van der Waals surface area contributed by atoms with Gasteiger partial charge >= 0.3 is 0 Å². The summed E-state index contributed by atoms with van der Waals surface area (Å²) in [7, 11) is 0. The van der Waals surface area contributed by atoms with Gasteiger partial charge in [-0.1, -0.05) is 0 Å². The molecule has 3 heterocycles. The molecule has 0 radical (unpaired) electrons. The molecule has 4 nitrogen and oxygen atoms in total. The summed E-state index contributed by atoms with van der Waals surface area (Å²) in [6.07, 6.45) is 2.19. The molecule has 0 saturated heterocycles. The molecule has 1 N–H and O–H groups in total. The summed E-state index contributed by atoms with van der Waals surface area (Å²) in [5, 5.41) is 10.2. The Morgan fingerprint density at radius 1 is 1.50 bits per heavy atom. The predicted molar refractivity (Wildman–Crippen MR) is 72.8 cm³/mol. The standard InChI is InChI=1S/C13H18N4S/c1-9-5-6-18-12(9)7-14-11-3-4-13-15-10(2)16-17(13)8-11/h5-6,11,14H,3-4,7-8H2,1-2H3. The van der Waals surface area contributed by atoms with Crippen molar-refractivity contribution in [2.75, 3.05) is 0 Å². The molecule has 0 amide bonds. The number of thiophene rings is 1. The highest BCUT2D eigenvalue weighted by Crippen LogP contribution is 2.17. The molecular formula is C13H18N4S. The van der Waals surface area contributed by atoms with Crippen LogP contribution in [0.3, 0.4) is 0 Å². The Balaban J connectivity index is 1.61.